The standard InChI is InChI=1S/C11H17ClN2/c1-8-3-4-10(11(12)5-8)7-14-9(2)6-13/h3-5,9,14H,6-7,13H2,1-2H3/t9-/m0/s1. The van der Waals surface area contributed by atoms with Gasteiger partial charge in [0.15, 0.2) is 0 Å². The van der Waals surface area contributed by atoms with E-state index in [-0.39, 0.29) is 0 Å². The summed E-state index contributed by atoms with van der Waals surface area (Å²) in [5, 5.41) is 4.12. The summed E-state index contributed by atoms with van der Waals surface area (Å²) in [6.07, 6.45) is 0. The fraction of sp³-hybridized carbons (Fsp3) is 0.455. The quantitative estimate of drug-likeness (QED) is 0.802. The first-order valence-corrected chi connectivity index (χ1v) is 5.19. The third-order valence-electron chi connectivity index (χ3n) is 2.20. The lowest BCUT2D eigenvalue weighted by molar-refractivity contribution is 0.556. The second-order valence-electron chi connectivity index (χ2n) is 3.61. The fourth-order valence-corrected chi connectivity index (χ4v) is 1.47. The first-order chi connectivity index (χ1) is 6.63. The first-order valence-electron chi connectivity index (χ1n) is 4.82. The van der Waals surface area contributed by atoms with E-state index in [1.54, 1.807) is 0 Å². The monoisotopic (exact) mass is 212 g/mol. The van der Waals surface area contributed by atoms with Crippen molar-refractivity contribution in [3.05, 3.63) is 34.3 Å². The molecule has 0 unspecified atom stereocenters. The van der Waals surface area contributed by atoms with Crippen molar-refractivity contribution in [2.45, 2.75) is 26.4 Å². The Morgan fingerprint density at radius 2 is 2.21 bits per heavy atom. The summed E-state index contributed by atoms with van der Waals surface area (Å²) in [5.74, 6) is 0. The average molecular weight is 213 g/mol. The van der Waals surface area contributed by atoms with Crippen molar-refractivity contribution in [2.24, 2.45) is 5.73 Å². The number of nitrogens with one attached hydrogen (secondary N) is 1. The second-order valence-corrected chi connectivity index (χ2v) is 4.02. The number of nitrogens with two attached hydrogens (primary N) is 1. The number of aryl methyl sites for hydroxylation is 1. The molecular weight excluding hydrogens is 196 g/mol. The molecule has 0 saturated carbocycles. The van der Waals surface area contributed by atoms with Crippen molar-refractivity contribution in [3.63, 3.8) is 0 Å². The van der Waals surface area contributed by atoms with E-state index in [1.807, 2.05) is 19.1 Å². The van der Waals surface area contributed by atoms with Gasteiger partial charge in [-0.25, -0.2) is 0 Å². The molecule has 0 aliphatic heterocycles. The van der Waals surface area contributed by atoms with Crippen molar-refractivity contribution >= 4 is 11.6 Å². The molecule has 0 bridgehead atoms. The van der Waals surface area contributed by atoms with Crippen LogP contribution in [0.2, 0.25) is 5.02 Å². The van der Waals surface area contributed by atoms with Gasteiger partial charge in [-0.1, -0.05) is 23.7 Å². The zero-order valence-corrected chi connectivity index (χ0v) is 9.43. The van der Waals surface area contributed by atoms with Gasteiger partial charge in [0.2, 0.25) is 0 Å². The molecule has 1 atom stereocenters. The first kappa shape index (κ1) is 11.5. The van der Waals surface area contributed by atoms with Crippen molar-refractivity contribution in [3.8, 4) is 0 Å². The van der Waals surface area contributed by atoms with Gasteiger partial charge in [-0.05, 0) is 31.0 Å². The molecule has 0 aliphatic rings. The molecule has 0 heterocycles. The molecule has 78 valence electrons. The molecule has 1 aromatic rings. The van der Waals surface area contributed by atoms with Crippen LogP contribution < -0.4 is 11.1 Å². The zero-order valence-electron chi connectivity index (χ0n) is 8.68. The highest BCUT2D eigenvalue weighted by Gasteiger charge is 2.02. The van der Waals surface area contributed by atoms with Gasteiger partial charge in [-0.3, -0.25) is 0 Å². The van der Waals surface area contributed by atoms with Gasteiger partial charge in [-0.15, -0.1) is 0 Å². The maximum absolute atomic E-state index is 6.08. The molecule has 0 spiro atoms. The summed E-state index contributed by atoms with van der Waals surface area (Å²) in [6.45, 7) is 5.51. The average Bonchev–Trinajstić information content (AvgIpc) is 2.16. The summed E-state index contributed by atoms with van der Waals surface area (Å²) >= 11 is 6.08. The molecule has 0 saturated heterocycles. The summed E-state index contributed by atoms with van der Waals surface area (Å²) in [5.41, 5.74) is 7.81. The highest BCUT2D eigenvalue weighted by atomic mass is 35.5. The van der Waals surface area contributed by atoms with E-state index >= 15 is 0 Å². The van der Waals surface area contributed by atoms with Gasteiger partial charge in [0.1, 0.15) is 0 Å². The molecule has 1 aromatic carbocycles. The summed E-state index contributed by atoms with van der Waals surface area (Å²) < 4.78 is 0. The Morgan fingerprint density at radius 1 is 1.50 bits per heavy atom. The molecule has 0 aliphatic carbocycles. The highest BCUT2D eigenvalue weighted by molar-refractivity contribution is 6.31. The van der Waals surface area contributed by atoms with Crippen LogP contribution in [0.3, 0.4) is 0 Å². The number of halogens is 1. The van der Waals surface area contributed by atoms with E-state index in [1.165, 1.54) is 5.56 Å². The molecular formula is C11H17ClN2. The third-order valence-corrected chi connectivity index (χ3v) is 2.55. The predicted octanol–water partition coefficient (Wildman–Crippen LogP) is 2.09. The molecule has 0 radical (unpaired) electrons. The van der Waals surface area contributed by atoms with Gasteiger partial charge < -0.3 is 11.1 Å². The Morgan fingerprint density at radius 3 is 2.79 bits per heavy atom. The molecule has 0 amide bonds. The minimum absolute atomic E-state index is 0.326. The summed E-state index contributed by atoms with van der Waals surface area (Å²) in [6, 6.07) is 6.42. The lowest BCUT2D eigenvalue weighted by atomic mass is 10.1. The lowest BCUT2D eigenvalue weighted by Gasteiger charge is -2.12. The van der Waals surface area contributed by atoms with Crippen LogP contribution in [0.15, 0.2) is 18.2 Å². The van der Waals surface area contributed by atoms with Crippen molar-refractivity contribution in [1.82, 2.24) is 5.32 Å². The van der Waals surface area contributed by atoms with Crippen molar-refractivity contribution in [1.29, 1.82) is 0 Å². The Labute approximate surface area is 90.4 Å². The molecule has 14 heavy (non-hydrogen) atoms. The Kier molecular flexibility index (Phi) is 4.39. The second kappa shape index (κ2) is 5.35. The van der Waals surface area contributed by atoms with Crippen LogP contribution >= 0.6 is 11.6 Å². The van der Waals surface area contributed by atoms with Crippen molar-refractivity contribution < 1.29 is 0 Å². The Hall–Kier alpha value is -0.570. The molecule has 2 nitrogen and oxygen atoms in total. The van der Waals surface area contributed by atoms with Crippen LogP contribution in [-0.4, -0.2) is 12.6 Å². The van der Waals surface area contributed by atoms with Crippen LogP contribution in [-0.2, 0) is 6.54 Å². The van der Waals surface area contributed by atoms with Crippen LogP contribution in [0.4, 0.5) is 0 Å². The lowest BCUT2D eigenvalue weighted by Crippen LogP contribution is -2.32. The maximum atomic E-state index is 6.08. The van der Waals surface area contributed by atoms with Crippen LogP contribution in [0.1, 0.15) is 18.1 Å². The smallest absolute Gasteiger partial charge is 0.0453 e. The Balaban J connectivity index is 2.59. The van der Waals surface area contributed by atoms with Gasteiger partial charge >= 0.3 is 0 Å². The van der Waals surface area contributed by atoms with Crippen LogP contribution in [0.25, 0.3) is 0 Å². The number of hydrogen-bond acceptors (Lipinski definition) is 2. The number of hydrogen-bond donors (Lipinski definition) is 2. The van der Waals surface area contributed by atoms with Gasteiger partial charge in [0.05, 0.1) is 0 Å². The zero-order chi connectivity index (χ0) is 10.6. The number of rotatable bonds is 4. The highest BCUT2D eigenvalue weighted by Crippen LogP contribution is 2.17. The molecule has 0 aromatic heterocycles. The largest absolute Gasteiger partial charge is 0.329 e. The number of benzene rings is 1. The van der Waals surface area contributed by atoms with E-state index in [9.17, 15) is 0 Å². The Bertz CT molecular complexity index is 299. The van der Waals surface area contributed by atoms with Crippen LogP contribution in [0, 0.1) is 6.92 Å². The van der Waals surface area contributed by atoms with E-state index in [0.29, 0.717) is 12.6 Å². The normalized spacial score (nSPS) is 12.9. The van der Waals surface area contributed by atoms with Gasteiger partial charge in [-0.2, -0.15) is 0 Å². The molecule has 3 heteroatoms. The topological polar surface area (TPSA) is 38.0 Å². The van der Waals surface area contributed by atoms with Gasteiger partial charge in [0.25, 0.3) is 0 Å². The molecule has 0 fully saturated rings. The predicted molar refractivity (Wildman–Crippen MR) is 61.5 cm³/mol. The van der Waals surface area contributed by atoms with E-state index in [2.05, 4.69) is 18.3 Å². The van der Waals surface area contributed by atoms with Gasteiger partial charge in [0, 0.05) is 24.2 Å². The van der Waals surface area contributed by atoms with E-state index in [4.69, 9.17) is 17.3 Å². The fourth-order valence-electron chi connectivity index (χ4n) is 1.16. The van der Waals surface area contributed by atoms with Crippen LogP contribution in [0.5, 0.6) is 0 Å². The summed E-state index contributed by atoms with van der Waals surface area (Å²) in [7, 11) is 0. The third kappa shape index (κ3) is 3.29. The SMILES string of the molecule is Cc1ccc(CN[C@@H](C)CN)c(Cl)c1. The minimum atomic E-state index is 0.326. The maximum Gasteiger partial charge on any atom is 0.0453 e. The molecule has 1 rings (SSSR count). The van der Waals surface area contributed by atoms with Crippen molar-refractivity contribution in [2.75, 3.05) is 6.54 Å². The minimum Gasteiger partial charge on any atom is -0.329 e. The molecule has 3 N–H and O–H groups in total. The summed E-state index contributed by atoms with van der Waals surface area (Å²) in [4.78, 5) is 0. The van der Waals surface area contributed by atoms with E-state index in [0.717, 1.165) is 17.1 Å². The van der Waals surface area contributed by atoms with E-state index < -0.39 is 0 Å².